The zero-order valence-electron chi connectivity index (χ0n) is 13.1. The number of nitrogens with one attached hydrogen (secondary N) is 1. The third-order valence-corrected chi connectivity index (χ3v) is 4.55. The van der Waals surface area contributed by atoms with Crippen molar-refractivity contribution in [2.24, 2.45) is 0 Å². The number of hydrogen-bond acceptors (Lipinski definition) is 4. The Kier molecular flexibility index (Phi) is 4.90. The number of anilines is 2. The fourth-order valence-electron chi connectivity index (χ4n) is 1.96. The van der Waals surface area contributed by atoms with Gasteiger partial charge in [0.05, 0.1) is 24.7 Å². The molecule has 0 aliphatic rings. The van der Waals surface area contributed by atoms with Crippen LogP contribution in [-0.4, -0.2) is 34.7 Å². The van der Waals surface area contributed by atoms with Gasteiger partial charge in [-0.25, -0.2) is 8.42 Å². The fraction of sp³-hybridized carbons (Fsp3) is 0.188. The first-order chi connectivity index (χ1) is 10.8. The van der Waals surface area contributed by atoms with E-state index in [0.717, 1.165) is 10.6 Å². The standard InChI is InChI=1S/C16H18N2O4S/c1-18(23(3,20)21)13-10-8-12(9-11-13)16(19)17-14-6-4-5-7-15(14)22-2/h4-11H,1-3H3,(H,17,19). The first-order valence-electron chi connectivity index (χ1n) is 6.81. The van der Waals surface area contributed by atoms with Crippen molar-refractivity contribution < 1.29 is 17.9 Å². The number of sulfonamides is 1. The highest BCUT2D eigenvalue weighted by Gasteiger charge is 2.13. The van der Waals surface area contributed by atoms with Crippen molar-refractivity contribution in [3.05, 3.63) is 54.1 Å². The summed E-state index contributed by atoms with van der Waals surface area (Å²) in [6.45, 7) is 0. The van der Waals surface area contributed by atoms with Gasteiger partial charge in [0.15, 0.2) is 0 Å². The van der Waals surface area contributed by atoms with Gasteiger partial charge in [-0.15, -0.1) is 0 Å². The Morgan fingerprint density at radius 3 is 2.26 bits per heavy atom. The monoisotopic (exact) mass is 334 g/mol. The maximum absolute atomic E-state index is 12.3. The Bertz CT molecular complexity index is 801. The van der Waals surface area contributed by atoms with Crippen LogP contribution in [0.25, 0.3) is 0 Å². The average Bonchev–Trinajstić information content (AvgIpc) is 2.54. The molecule has 0 saturated carbocycles. The number of methoxy groups -OCH3 is 1. The van der Waals surface area contributed by atoms with Crippen LogP contribution in [0.5, 0.6) is 5.75 Å². The molecule has 0 heterocycles. The van der Waals surface area contributed by atoms with E-state index in [1.807, 2.05) is 6.07 Å². The number of nitrogens with zero attached hydrogens (tertiary/aromatic N) is 1. The summed E-state index contributed by atoms with van der Waals surface area (Å²) in [5.41, 5.74) is 1.47. The van der Waals surface area contributed by atoms with Gasteiger partial charge in [-0.2, -0.15) is 0 Å². The Hall–Kier alpha value is -2.54. The molecule has 6 nitrogen and oxygen atoms in total. The molecule has 0 unspecified atom stereocenters. The SMILES string of the molecule is COc1ccccc1NC(=O)c1ccc(N(C)S(C)(=O)=O)cc1. The van der Waals surface area contributed by atoms with Crippen LogP contribution in [0, 0.1) is 0 Å². The van der Waals surface area contributed by atoms with Crippen molar-refractivity contribution in [1.29, 1.82) is 0 Å². The fourth-order valence-corrected chi connectivity index (χ4v) is 2.46. The van der Waals surface area contributed by atoms with E-state index in [9.17, 15) is 13.2 Å². The number of para-hydroxylation sites is 2. The summed E-state index contributed by atoms with van der Waals surface area (Å²) in [5, 5.41) is 2.76. The summed E-state index contributed by atoms with van der Waals surface area (Å²) in [6.07, 6.45) is 1.12. The minimum Gasteiger partial charge on any atom is -0.495 e. The Morgan fingerprint density at radius 2 is 1.70 bits per heavy atom. The van der Waals surface area contributed by atoms with Crippen molar-refractivity contribution in [2.45, 2.75) is 0 Å². The van der Waals surface area contributed by atoms with E-state index < -0.39 is 10.0 Å². The third-order valence-electron chi connectivity index (χ3n) is 3.35. The van der Waals surface area contributed by atoms with Gasteiger partial charge in [0.25, 0.3) is 5.91 Å². The predicted molar refractivity (Wildman–Crippen MR) is 90.6 cm³/mol. The molecule has 122 valence electrons. The van der Waals surface area contributed by atoms with E-state index in [4.69, 9.17) is 4.74 Å². The number of carbonyl (C=O) groups excluding carboxylic acids is 1. The normalized spacial score (nSPS) is 10.9. The summed E-state index contributed by atoms with van der Waals surface area (Å²) in [7, 11) is -0.344. The van der Waals surface area contributed by atoms with Gasteiger partial charge in [0.2, 0.25) is 10.0 Å². The van der Waals surface area contributed by atoms with Crippen LogP contribution in [0.2, 0.25) is 0 Å². The maximum atomic E-state index is 12.3. The van der Waals surface area contributed by atoms with Gasteiger partial charge in [0, 0.05) is 12.6 Å². The molecule has 0 radical (unpaired) electrons. The van der Waals surface area contributed by atoms with Crippen LogP contribution in [0.1, 0.15) is 10.4 Å². The first kappa shape index (κ1) is 16.8. The third kappa shape index (κ3) is 4.01. The lowest BCUT2D eigenvalue weighted by molar-refractivity contribution is 0.102. The van der Waals surface area contributed by atoms with Crippen LogP contribution in [0.4, 0.5) is 11.4 Å². The van der Waals surface area contributed by atoms with Gasteiger partial charge in [-0.1, -0.05) is 12.1 Å². The molecule has 1 N–H and O–H groups in total. The molecular formula is C16H18N2O4S. The van der Waals surface area contributed by atoms with E-state index in [1.165, 1.54) is 14.2 Å². The predicted octanol–water partition coefficient (Wildman–Crippen LogP) is 2.34. The molecule has 0 spiro atoms. The van der Waals surface area contributed by atoms with Crippen LogP contribution >= 0.6 is 0 Å². The number of ether oxygens (including phenoxy) is 1. The maximum Gasteiger partial charge on any atom is 0.255 e. The number of hydrogen-bond donors (Lipinski definition) is 1. The van der Waals surface area contributed by atoms with Crippen LogP contribution < -0.4 is 14.4 Å². The smallest absolute Gasteiger partial charge is 0.255 e. The molecule has 0 aromatic heterocycles. The lowest BCUT2D eigenvalue weighted by Crippen LogP contribution is -2.24. The van der Waals surface area contributed by atoms with Gasteiger partial charge in [-0.05, 0) is 36.4 Å². The first-order valence-corrected chi connectivity index (χ1v) is 8.66. The largest absolute Gasteiger partial charge is 0.495 e. The number of carbonyl (C=O) groups is 1. The summed E-state index contributed by atoms with van der Waals surface area (Å²) >= 11 is 0. The molecule has 0 fully saturated rings. The summed E-state index contributed by atoms with van der Waals surface area (Å²) < 4.78 is 29.3. The summed E-state index contributed by atoms with van der Waals surface area (Å²) in [5.74, 6) is 0.261. The second kappa shape index (κ2) is 6.70. The van der Waals surface area contributed by atoms with Gasteiger partial charge < -0.3 is 10.1 Å². The van der Waals surface area contributed by atoms with Crippen molar-refractivity contribution >= 4 is 27.3 Å². The molecule has 0 aliphatic carbocycles. The topological polar surface area (TPSA) is 75.7 Å². The second-order valence-corrected chi connectivity index (χ2v) is 6.95. The van der Waals surface area contributed by atoms with E-state index in [2.05, 4.69) is 5.32 Å². The summed E-state index contributed by atoms with van der Waals surface area (Å²) in [4.78, 5) is 12.3. The van der Waals surface area contributed by atoms with Crippen molar-refractivity contribution in [3.63, 3.8) is 0 Å². The van der Waals surface area contributed by atoms with Crippen molar-refractivity contribution in [2.75, 3.05) is 30.0 Å². The zero-order chi connectivity index (χ0) is 17.0. The highest BCUT2D eigenvalue weighted by Crippen LogP contribution is 2.24. The number of amides is 1. The van der Waals surface area contributed by atoms with Gasteiger partial charge in [-0.3, -0.25) is 9.10 Å². The van der Waals surface area contributed by atoms with Crippen LogP contribution in [0.3, 0.4) is 0 Å². The lowest BCUT2D eigenvalue weighted by atomic mass is 10.2. The van der Waals surface area contributed by atoms with Gasteiger partial charge >= 0.3 is 0 Å². The Morgan fingerprint density at radius 1 is 1.09 bits per heavy atom. The minimum absolute atomic E-state index is 0.303. The minimum atomic E-state index is -3.33. The van der Waals surface area contributed by atoms with E-state index >= 15 is 0 Å². The molecule has 1 amide bonds. The molecule has 0 atom stereocenters. The van der Waals surface area contributed by atoms with Crippen LogP contribution in [0.15, 0.2) is 48.5 Å². The number of rotatable bonds is 5. The highest BCUT2D eigenvalue weighted by atomic mass is 32.2. The Balaban J connectivity index is 2.18. The quantitative estimate of drug-likeness (QED) is 0.910. The van der Waals surface area contributed by atoms with Crippen molar-refractivity contribution in [3.8, 4) is 5.75 Å². The molecule has 23 heavy (non-hydrogen) atoms. The molecule has 2 rings (SSSR count). The zero-order valence-corrected chi connectivity index (χ0v) is 13.9. The van der Waals surface area contributed by atoms with E-state index in [1.54, 1.807) is 42.5 Å². The summed E-state index contributed by atoms with van der Waals surface area (Å²) in [6, 6.07) is 13.4. The average molecular weight is 334 g/mol. The van der Waals surface area contributed by atoms with E-state index in [-0.39, 0.29) is 5.91 Å². The second-order valence-electron chi connectivity index (χ2n) is 4.93. The lowest BCUT2D eigenvalue weighted by Gasteiger charge is -2.16. The molecule has 0 aliphatic heterocycles. The highest BCUT2D eigenvalue weighted by molar-refractivity contribution is 7.92. The van der Waals surface area contributed by atoms with Crippen molar-refractivity contribution in [1.82, 2.24) is 0 Å². The number of benzene rings is 2. The van der Waals surface area contributed by atoms with E-state index in [0.29, 0.717) is 22.7 Å². The molecule has 0 bridgehead atoms. The molecule has 2 aromatic carbocycles. The molecule has 2 aromatic rings. The molecule has 7 heteroatoms. The van der Waals surface area contributed by atoms with Crippen LogP contribution in [-0.2, 0) is 10.0 Å². The molecular weight excluding hydrogens is 316 g/mol. The van der Waals surface area contributed by atoms with Gasteiger partial charge in [0.1, 0.15) is 5.75 Å². The Labute approximate surface area is 135 Å². The molecule has 0 saturated heterocycles.